The van der Waals surface area contributed by atoms with E-state index in [1.807, 2.05) is 19.9 Å². The Balaban J connectivity index is 2.83. The number of hydrogen-bond donors (Lipinski definition) is 2. The number of hydrogen-bond acceptors (Lipinski definition) is 4. The predicted molar refractivity (Wildman–Crippen MR) is 53.7 cm³/mol. The van der Waals surface area contributed by atoms with Gasteiger partial charge in [0.15, 0.2) is 0 Å². The highest BCUT2D eigenvalue weighted by Crippen LogP contribution is 2.12. The van der Waals surface area contributed by atoms with Gasteiger partial charge >= 0.3 is 0 Å². The van der Waals surface area contributed by atoms with Gasteiger partial charge in [0, 0.05) is 0 Å². The number of rotatable bonds is 3. The second-order valence-corrected chi connectivity index (χ2v) is 3.69. The van der Waals surface area contributed by atoms with E-state index in [0.717, 1.165) is 0 Å². The summed E-state index contributed by atoms with van der Waals surface area (Å²) in [5.74, 6) is 0.600. The van der Waals surface area contributed by atoms with Crippen molar-refractivity contribution in [3.05, 3.63) is 23.9 Å². The van der Waals surface area contributed by atoms with E-state index in [1.54, 1.807) is 18.2 Å². The maximum Gasteiger partial charge on any atom is 0.142 e. The van der Waals surface area contributed by atoms with E-state index in [1.165, 1.54) is 0 Å². The van der Waals surface area contributed by atoms with Crippen molar-refractivity contribution in [3.63, 3.8) is 0 Å². The van der Waals surface area contributed by atoms with E-state index in [0.29, 0.717) is 11.5 Å². The van der Waals surface area contributed by atoms with Crippen molar-refractivity contribution in [2.24, 2.45) is 0 Å². The van der Waals surface area contributed by atoms with E-state index in [9.17, 15) is 0 Å². The largest absolute Gasteiger partial charge is 0.394 e. The van der Waals surface area contributed by atoms with Crippen LogP contribution in [0.4, 0.5) is 5.82 Å². The van der Waals surface area contributed by atoms with E-state index >= 15 is 0 Å². The summed E-state index contributed by atoms with van der Waals surface area (Å²) >= 11 is 0. The lowest BCUT2D eigenvalue weighted by Gasteiger charge is -2.23. The summed E-state index contributed by atoms with van der Waals surface area (Å²) in [7, 11) is 0. The van der Waals surface area contributed by atoms with Crippen LogP contribution in [-0.4, -0.2) is 22.2 Å². The van der Waals surface area contributed by atoms with E-state index in [4.69, 9.17) is 10.4 Å². The Kier molecular flexibility index (Phi) is 3.05. The first-order valence-electron chi connectivity index (χ1n) is 4.33. The number of nitrogens with zero attached hydrogens (tertiary/aromatic N) is 2. The van der Waals surface area contributed by atoms with Crippen LogP contribution < -0.4 is 5.32 Å². The maximum atomic E-state index is 9.03. The molecule has 0 aliphatic carbocycles. The molecular weight excluding hydrogens is 178 g/mol. The van der Waals surface area contributed by atoms with Crippen molar-refractivity contribution in [1.82, 2.24) is 4.98 Å². The van der Waals surface area contributed by atoms with Crippen LogP contribution in [0.2, 0.25) is 0 Å². The third-order valence-corrected chi connectivity index (χ3v) is 1.73. The van der Waals surface area contributed by atoms with Crippen LogP contribution in [0.5, 0.6) is 0 Å². The number of nitrogens with one attached hydrogen (secondary N) is 1. The van der Waals surface area contributed by atoms with Crippen LogP contribution in [0.1, 0.15) is 19.5 Å². The van der Waals surface area contributed by atoms with Gasteiger partial charge < -0.3 is 10.4 Å². The molecule has 74 valence electrons. The minimum Gasteiger partial charge on any atom is -0.394 e. The monoisotopic (exact) mass is 191 g/mol. The molecule has 0 saturated carbocycles. The number of aromatic nitrogens is 1. The van der Waals surface area contributed by atoms with Gasteiger partial charge in [-0.2, -0.15) is 5.26 Å². The summed E-state index contributed by atoms with van der Waals surface area (Å²) in [5.41, 5.74) is -0.0649. The van der Waals surface area contributed by atoms with Crippen LogP contribution in [0.25, 0.3) is 0 Å². The third-order valence-electron chi connectivity index (χ3n) is 1.73. The molecule has 14 heavy (non-hydrogen) atoms. The fourth-order valence-electron chi connectivity index (χ4n) is 0.953. The zero-order valence-corrected chi connectivity index (χ0v) is 8.28. The average Bonchev–Trinajstić information content (AvgIpc) is 2.17. The van der Waals surface area contributed by atoms with Crippen molar-refractivity contribution < 1.29 is 5.11 Å². The Morgan fingerprint density at radius 3 is 2.86 bits per heavy atom. The lowest BCUT2D eigenvalue weighted by Crippen LogP contribution is -2.35. The molecule has 1 heterocycles. The molecule has 2 N–H and O–H groups in total. The smallest absolute Gasteiger partial charge is 0.142 e. The maximum absolute atomic E-state index is 9.03. The number of aliphatic hydroxyl groups is 1. The second kappa shape index (κ2) is 4.07. The van der Waals surface area contributed by atoms with Crippen LogP contribution in [0, 0.1) is 11.3 Å². The summed E-state index contributed by atoms with van der Waals surface area (Å²) in [6.45, 7) is 3.72. The average molecular weight is 191 g/mol. The molecule has 0 spiro atoms. The number of pyridine rings is 1. The molecule has 0 atom stereocenters. The summed E-state index contributed by atoms with van der Waals surface area (Å²) < 4.78 is 0. The Bertz CT molecular complexity index is 355. The topological polar surface area (TPSA) is 68.9 Å². The van der Waals surface area contributed by atoms with Gasteiger partial charge in [-0.1, -0.05) is 6.07 Å². The SMILES string of the molecule is CC(C)(CO)Nc1cccc(C#N)n1. The van der Waals surface area contributed by atoms with Crippen LogP contribution in [0.3, 0.4) is 0 Å². The Morgan fingerprint density at radius 2 is 2.29 bits per heavy atom. The standard InChI is InChI=1S/C10H13N3O/c1-10(2,7-14)13-9-5-3-4-8(6-11)12-9/h3-5,14H,7H2,1-2H3,(H,12,13). The molecule has 1 aromatic rings. The Labute approximate surface area is 83.2 Å². The molecule has 0 aliphatic rings. The van der Waals surface area contributed by atoms with Gasteiger partial charge in [-0.05, 0) is 26.0 Å². The fourth-order valence-corrected chi connectivity index (χ4v) is 0.953. The third kappa shape index (κ3) is 2.71. The predicted octanol–water partition coefficient (Wildman–Crippen LogP) is 1.14. The van der Waals surface area contributed by atoms with Gasteiger partial charge in [-0.25, -0.2) is 4.98 Å². The number of anilines is 1. The van der Waals surface area contributed by atoms with Gasteiger partial charge in [-0.3, -0.25) is 0 Å². The van der Waals surface area contributed by atoms with Gasteiger partial charge in [0.2, 0.25) is 0 Å². The first-order chi connectivity index (χ1) is 6.57. The molecule has 0 amide bonds. The molecular formula is C10H13N3O. The summed E-state index contributed by atoms with van der Waals surface area (Å²) in [6, 6.07) is 7.11. The van der Waals surface area contributed by atoms with Gasteiger partial charge in [0.25, 0.3) is 0 Å². The van der Waals surface area contributed by atoms with E-state index < -0.39 is 5.54 Å². The number of aliphatic hydroxyl groups excluding tert-OH is 1. The Hall–Kier alpha value is -1.60. The van der Waals surface area contributed by atoms with Crippen LogP contribution in [-0.2, 0) is 0 Å². The van der Waals surface area contributed by atoms with Gasteiger partial charge in [0.05, 0.1) is 12.1 Å². The molecule has 0 bridgehead atoms. The number of nitriles is 1. The second-order valence-electron chi connectivity index (χ2n) is 3.69. The first-order valence-corrected chi connectivity index (χ1v) is 4.33. The zero-order valence-electron chi connectivity index (χ0n) is 8.28. The van der Waals surface area contributed by atoms with Crippen LogP contribution >= 0.6 is 0 Å². The lowest BCUT2D eigenvalue weighted by molar-refractivity contribution is 0.234. The summed E-state index contributed by atoms with van der Waals surface area (Å²) in [6.07, 6.45) is 0. The minimum absolute atomic E-state index is 0.00542. The molecule has 0 fully saturated rings. The van der Waals surface area contributed by atoms with E-state index in [2.05, 4.69) is 10.3 Å². The van der Waals surface area contributed by atoms with Crippen molar-refractivity contribution >= 4 is 5.82 Å². The highest BCUT2D eigenvalue weighted by molar-refractivity contribution is 5.40. The quantitative estimate of drug-likeness (QED) is 0.751. The van der Waals surface area contributed by atoms with Gasteiger partial charge in [0.1, 0.15) is 17.6 Å². The lowest BCUT2D eigenvalue weighted by atomic mass is 10.1. The van der Waals surface area contributed by atoms with E-state index in [-0.39, 0.29) is 6.61 Å². The van der Waals surface area contributed by atoms with Crippen LogP contribution in [0.15, 0.2) is 18.2 Å². The van der Waals surface area contributed by atoms with Crippen molar-refractivity contribution in [1.29, 1.82) is 5.26 Å². The molecule has 4 nitrogen and oxygen atoms in total. The highest BCUT2D eigenvalue weighted by Gasteiger charge is 2.16. The molecule has 0 saturated heterocycles. The normalized spacial score (nSPS) is 10.7. The molecule has 0 aliphatic heterocycles. The Morgan fingerprint density at radius 1 is 1.57 bits per heavy atom. The zero-order chi connectivity index (χ0) is 10.6. The summed E-state index contributed by atoms with van der Waals surface area (Å²) in [5, 5.41) is 20.7. The molecule has 4 heteroatoms. The van der Waals surface area contributed by atoms with Crippen molar-refractivity contribution in [2.75, 3.05) is 11.9 Å². The minimum atomic E-state index is -0.429. The molecule has 1 rings (SSSR count). The molecule has 1 aromatic heterocycles. The van der Waals surface area contributed by atoms with Crippen molar-refractivity contribution in [3.8, 4) is 6.07 Å². The molecule has 0 unspecified atom stereocenters. The van der Waals surface area contributed by atoms with Crippen molar-refractivity contribution in [2.45, 2.75) is 19.4 Å². The molecule has 0 radical (unpaired) electrons. The highest BCUT2D eigenvalue weighted by atomic mass is 16.3. The first kappa shape index (κ1) is 10.5. The molecule has 0 aromatic carbocycles. The van der Waals surface area contributed by atoms with Gasteiger partial charge in [-0.15, -0.1) is 0 Å². The summed E-state index contributed by atoms with van der Waals surface area (Å²) in [4.78, 5) is 4.04. The fraction of sp³-hybridized carbons (Fsp3) is 0.400.